The molecule has 0 aliphatic rings. The summed E-state index contributed by atoms with van der Waals surface area (Å²) < 4.78 is 4.08. The maximum absolute atomic E-state index is 7.70. The maximum atomic E-state index is 7.70. The fraction of sp³-hybridized carbons (Fsp3) is 0.818. The van der Waals surface area contributed by atoms with E-state index in [9.17, 15) is 0 Å². The third kappa shape index (κ3) is 16.0. The van der Waals surface area contributed by atoms with Crippen LogP contribution in [0.2, 0.25) is 0 Å². The molecule has 0 radical (unpaired) electrons. The van der Waals surface area contributed by atoms with Gasteiger partial charge in [0.2, 0.25) is 0 Å². The number of hydrogen-bond acceptors (Lipinski definition) is 5. The molecule has 0 N–H and O–H groups in total. The molecule has 0 saturated carbocycles. The Morgan fingerprint density at radius 2 is 0.857 bits per heavy atom. The molecule has 0 fully saturated rings. The van der Waals surface area contributed by atoms with Gasteiger partial charge in [0.25, 0.3) is 0 Å². The van der Waals surface area contributed by atoms with Crippen molar-refractivity contribution in [2.75, 3.05) is 0 Å². The minimum Gasteiger partial charge on any atom is -0.246 e. The summed E-state index contributed by atoms with van der Waals surface area (Å²) in [6, 6.07) is 0.898. The van der Waals surface area contributed by atoms with Gasteiger partial charge in [-0.1, -0.05) is 112 Å². The SMILES string of the molecule is CC(C)C#CC(C)C.CC(C)N=[N+]=[N-].CC(C)c1nnn(C(C)C)c1C(C)C.CC(C)c1nnn(C(C)C)c1C(C)C. The Kier molecular flexibility index (Phi) is 20.6. The van der Waals surface area contributed by atoms with Crippen LogP contribution in [0.1, 0.15) is 183 Å². The lowest BCUT2D eigenvalue weighted by Crippen LogP contribution is -2.10. The molecule has 2 rings (SSSR count). The van der Waals surface area contributed by atoms with Gasteiger partial charge in [0.05, 0.1) is 22.8 Å². The summed E-state index contributed by atoms with van der Waals surface area (Å²) in [6.45, 7) is 38.1. The lowest BCUT2D eigenvalue weighted by Gasteiger charge is -2.14. The molecule has 0 bridgehead atoms. The number of nitrogens with zero attached hydrogens (tertiary/aromatic N) is 9. The highest BCUT2D eigenvalue weighted by Crippen LogP contribution is 2.26. The first-order chi connectivity index (χ1) is 19.3. The zero-order valence-electron chi connectivity index (χ0n) is 30.2. The fourth-order valence-corrected chi connectivity index (χ4v) is 3.77. The highest BCUT2D eigenvalue weighted by molar-refractivity contribution is 5.19. The highest BCUT2D eigenvalue weighted by Gasteiger charge is 2.20. The largest absolute Gasteiger partial charge is 0.246 e. The number of azide groups is 1. The minimum atomic E-state index is 0.106. The van der Waals surface area contributed by atoms with Crippen LogP contribution in [-0.2, 0) is 0 Å². The lowest BCUT2D eigenvalue weighted by molar-refractivity contribution is 0.483. The Balaban J connectivity index is 0. The van der Waals surface area contributed by atoms with Crippen molar-refractivity contribution in [1.82, 2.24) is 30.0 Å². The molecule has 0 amide bonds. The quantitative estimate of drug-likeness (QED) is 0.139. The van der Waals surface area contributed by atoms with Gasteiger partial charge in [-0.15, -0.1) is 22.0 Å². The maximum Gasteiger partial charge on any atom is 0.0887 e. The van der Waals surface area contributed by atoms with Crippen molar-refractivity contribution in [3.05, 3.63) is 33.2 Å². The molecular weight excluding hydrogens is 522 g/mol. The molecule has 0 aromatic carbocycles. The van der Waals surface area contributed by atoms with E-state index in [0.29, 0.717) is 47.6 Å². The van der Waals surface area contributed by atoms with E-state index in [1.165, 1.54) is 11.4 Å². The van der Waals surface area contributed by atoms with E-state index in [0.717, 1.165) is 11.4 Å². The normalized spacial score (nSPS) is 10.9. The minimum absolute atomic E-state index is 0.106. The predicted octanol–water partition coefficient (Wildman–Crippen LogP) is 10.2. The van der Waals surface area contributed by atoms with Gasteiger partial charge in [0.15, 0.2) is 0 Å². The summed E-state index contributed by atoms with van der Waals surface area (Å²) in [5.74, 6) is 9.14. The van der Waals surface area contributed by atoms with Crippen LogP contribution in [-0.4, -0.2) is 36.0 Å². The summed E-state index contributed by atoms with van der Waals surface area (Å²) in [5.41, 5.74) is 12.6. The molecule has 2 aromatic heterocycles. The second kappa shape index (κ2) is 20.9. The highest BCUT2D eigenvalue weighted by atomic mass is 15.4. The average Bonchev–Trinajstić information content (AvgIpc) is 3.50. The standard InChI is InChI=1S/2C11H21N3.C8H14.C3H7N3/c2*1-7(2)10-11(8(3)4)14(9(5)6)13-12-10;1-7(2)5-6-8(3)4;1-3(2)5-6-4/h2*7-9H,1-6H3;7-8H,1-4H3;3H,1-2H3. The van der Waals surface area contributed by atoms with Crippen LogP contribution >= 0.6 is 0 Å². The molecule has 0 aliphatic heterocycles. The molecule has 2 aromatic rings. The lowest BCUT2D eigenvalue weighted by atomic mass is 10.0. The van der Waals surface area contributed by atoms with Gasteiger partial charge >= 0.3 is 0 Å². The second-order valence-electron chi connectivity index (χ2n) is 13.3. The Labute approximate surface area is 258 Å². The van der Waals surface area contributed by atoms with Crippen molar-refractivity contribution in [3.63, 3.8) is 0 Å². The molecule has 0 atom stereocenters. The topological polar surface area (TPSA) is 110 Å². The van der Waals surface area contributed by atoms with Gasteiger partial charge in [0, 0.05) is 34.9 Å². The number of rotatable bonds is 7. The third-order valence-electron chi connectivity index (χ3n) is 5.63. The first kappa shape index (κ1) is 41.3. The predicted molar refractivity (Wildman–Crippen MR) is 179 cm³/mol. The van der Waals surface area contributed by atoms with Crippen LogP contribution in [0.4, 0.5) is 0 Å². The Hall–Kier alpha value is -2.85. The van der Waals surface area contributed by atoms with E-state index in [1.807, 2.05) is 23.2 Å². The van der Waals surface area contributed by atoms with E-state index in [2.05, 4.69) is 153 Å². The smallest absolute Gasteiger partial charge is 0.0887 e. The van der Waals surface area contributed by atoms with Crippen LogP contribution < -0.4 is 0 Å². The second-order valence-corrected chi connectivity index (χ2v) is 13.3. The summed E-state index contributed by atoms with van der Waals surface area (Å²) in [7, 11) is 0. The molecule has 42 heavy (non-hydrogen) atoms. The zero-order valence-corrected chi connectivity index (χ0v) is 30.2. The molecule has 9 nitrogen and oxygen atoms in total. The molecular formula is C33H63N9. The van der Waals surface area contributed by atoms with E-state index >= 15 is 0 Å². The van der Waals surface area contributed by atoms with Crippen molar-refractivity contribution in [2.24, 2.45) is 17.0 Å². The van der Waals surface area contributed by atoms with E-state index in [4.69, 9.17) is 5.53 Å². The number of aromatic nitrogens is 6. The fourth-order valence-electron chi connectivity index (χ4n) is 3.77. The van der Waals surface area contributed by atoms with Gasteiger partial charge < -0.3 is 0 Å². The Bertz CT molecular complexity index is 973. The van der Waals surface area contributed by atoms with Crippen molar-refractivity contribution in [3.8, 4) is 11.8 Å². The van der Waals surface area contributed by atoms with Crippen LogP contribution in [0.5, 0.6) is 0 Å². The zero-order chi connectivity index (χ0) is 33.3. The summed E-state index contributed by atoms with van der Waals surface area (Å²) in [5, 5.41) is 20.3. The van der Waals surface area contributed by atoms with Gasteiger partial charge in [-0.3, -0.25) is 0 Å². The molecule has 0 aliphatic carbocycles. The monoisotopic (exact) mass is 586 g/mol. The Morgan fingerprint density at radius 3 is 1.00 bits per heavy atom. The van der Waals surface area contributed by atoms with Gasteiger partial charge in [-0.05, 0) is 56.9 Å². The number of hydrogen-bond donors (Lipinski definition) is 0. The first-order valence-corrected chi connectivity index (χ1v) is 15.7. The van der Waals surface area contributed by atoms with Gasteiger partial charge in [0.1, 0.15) is 0 Å². The first-order valence-electron chi connectivity index (χ1n) is 15.7. The third-order valence-corrected chi connectivity index (χ3v) is 5.63. The van der Waals surface area contributed by atoms with Gasteiger partial charge in [-0.2, -0.15) is 0 Å². The van der Waals surface area contributed by atoms with Crippen LogP contribution in [0.15, 0.2) is 5.11 Å². The molecule has 0 saturated heterocycles. The van der Waals surface area contributed by atoms with E-state index < -0.39 is 0 Å². The molecule has 2 heterocycles. The molecule has 0 unspecified atom stereocenters. The Morgan fingerprint density at radius 1 is 0.548 bits per heavy atom. The van der Waals surface area contributed by atoms with Gasteiger partial charge in [-0.25, -0.2) is 9.36 Å². The van der Waals surface area contributed by atoms with Crippen LogP contribution in [0.25, 0.3) is 10.4 Å². The summed E-state index contributed by atoms with van der Waals surface area (Å²) in [4.78, 5) is 2.56. The van der Waals surface area contributed by atoms with Crippen LogP contribution in [0, 0.1) is 23.7 Å². The van der Waals surface area contributed by atoms with E-state index in [-0.39, 0.29) is 6.04 Å². The molecule has 0 spiro atoms. The summed E-state index contributed by atoms with van der Waals surface area (Å²) in [6.07, 6.45) is 0. The summed E-state index contributed by atoms with van der Waals surface area (Å²) >= 11 is 0. The van der Waals surface area contributed by atoms with Crippen molar-refractivity contribution >= 4 is 0 Å². The van der Waals surface area contributed by atoms with Crippen LogP contribution in [0.3, 0.4) is 0 Å². The molecule has 240 valence electrons. The van der Waals surface area contributed by atoms with Crippen molar-refractivity contribution in [2.45, 2.75) is 166 Å². The van der Waals surface area contributed by atoms with Crippen molar-refractivity contribution < 1.29 is 0 Å². The van der Waals surface area contributed by atoms with E-state index in [1.54, 1.807) is 0 Å². The average molecular weight is 586 g/mol. The molecule has 9 heteroatoms. The van der Waals surface area contributed by atoms with Crippen molar-refractivity contribution in [1.29, 1.82) is 0 Å².